The Morgan fingerprint density at radius 3 is 2.81 bits per heavy atom. The number of rotatable bonds is 6. The summed E-state index contributed by atoms with van der Waals surface area (Å²) in [6, 6.07) is 8.21. The molecule has 0 spiro atoms. The second kappa shape index (κ2) is 7.09. The maximum Gasteiger partial charge on any atom is 0.246 e. The second-order valence-electron chi connectivity index (χ2n) is 5.37. The molecule has 112 valence electrons. The highest BCUT2D eigenvalue weighted by Gasteiger charge is 2.11. The van der Waals surface area contributed by atoms with E-state index in [1.54, 1.807) is 6.08 Å². The predicted octanol–water partition coefficient (Wildman–Crippen LogP) is 2.63. The van der Waals surface area contributed by atoms with E-state index in [-0.39, 0.29) is 5.91 Å². The van der Waals surface area contributed by atoms with Gasteiger partial charge in [-0.3, -0.25) is 4.79 Å². The van der Waals surface area contributed by atoms with E-state index in [9.17, 15) is 4.79 Å². The largest absolute Gasteiger partial charge is 0.361 e. The molecule has 4 nitrogen and oxygen atoms in total. The third-order valence-electron chi connectivity index (χ3n) is 3.47. The molecule has 1 heterocycles. The van der Waals surface area contributed by atoms with Crippen LogP contribution in [0, 0.1) is 0 Å². The van der Waals surface area contributed by atoms with Gasteiger partial charge in [0.1, 0.15) is 0 Å². The highest BCUT2D eigenvalue weighted by molar-refractivity contribution is 5.88. The van der Waals surface area contributed by atoms with Gasteiger partial charge in [0.2, 0.25) is 5.91 Å². The Balaban J connectivity index is 2.10. The summed E-state index contributed by atoms with van der Waals surface area (Å²) in [7, 11) is 3.97. The molecule has 0 unspecified atom stereocenters. The monoisotopic (exact) mass is 285 g/mol. The molecule has 1 amide bonds. The molecule has 2 aromatic rings. The molecule has 0 bridgehead atoms. The van der Waals surface area contributed by atoms with Crippen molar-refractivity contribution in [3.05, 3.63) is 48.2 Å². The van der Waals surface area contributed by atoms with E-state index >= 15 is 0 Å². The molecule has 2 rings (SSSR count). The quantitative estimate of drug-likeness (QED) is 0.829. The van der Waals surface area contributed by atoms with E-state index in [2.05, 4.69) is 17.1 Å². The lowest BCUT2D eigenvalue weighted by Gasteiger charge is -2.20. The van der Waals surface area contributed by atoms with Crippen LogP contribution in [0.1, 0.15) is 12.5 Å². The van der Waals surface area contributed by atoms with Crippen LogP contribution in [0.25, 0.3) is 10.9 Å². The maximum absolute atomic E-state index is 12.2. The molecule has 0 aliphatic carbocycles. The number of aromatic amines is 1. The van der Waals surface area contributed by atoms with Gasteiger partial charge in [-0.15, -0.1) is 0 Å². The zero-order valence-electron chi connectivity index (χ0n) is 13.0. The van der Waals surface area contributed by atoms with Crippen molar-refractivity contribution in [3.8, 4) is 0 Å². The normalized spacial score (nSPS) is 11.6. The van der Waals surface area contributed by atoms with Crippen molar-refractivity contribution in [2.75, 3.05) is 27.2 Å². The lowest BCUT2D eigenvalue weighted by Crippen LogP contribution is -2.29. The molecule has 0 atom stereocenters. The summed E-state index contributed by atoms with van der Waals surface area (Å²) in [6.45, 7) is 4.12. The maximum atomic E-state index is 12.2. The van der Waals surface area contributed by atoms with Gasteiger partial charge >= 0.3 is 0 Å². The lowest BCUT2D eigenvalue weighted by atomic mass is 10.1. The fourth-order valence-electron chi connectivity index (χ4n) is 2.31. The Hall–Kier alpha value is -2.07. The minimum Gasteiger partial charge on any atom is -0.361 e. The van der Waals surface area contributed by atoms with E-state index in [4.69, 9.17) is 0 Å². The van der Waals surface area contributed by atoms with Crippen LogP contribution < -0.4 is 0 Å². The summed E-state index contributed by atoms with van der Waals surface area (Å²) in [6.07, 6.45) is 5.51. The second-order valence-corrected chi connectivity index (χ2v) is 5.37. The number of H-pyrrole nitrogens is 1. The molecule has 1 aromatic heterocycles. The van der Waals surface area contributed by atoms with Gasteiger partial charge in [-0.25, -0.2) is 0 Å². The third kappa shape index (κ3) is 3.95. The summed E-state index contributed by atoms with van der Waals surface area (Å²) in [5, 5.41) is 1.18. The summed E-state index contributed by atoms with van der Waals surface area (Å²) in [4.78, 5) is 19.3. The van der Waals surface area contributed by atoms with Gasteiger partial charge in [0, 0.05) is 42.8 Å². The fraction of sp³-hybridized carbons (Fsp3) is 0.353. The minimum atomic E-state index is 0.0619. The first kappa shape index (κ1) is 15.3. The number of carbonyl (C=O) groups is 1. The number of fused-ring (bicyclic) bond motifs is 1. The first-order valence-corrected chi connectivity index (χ1v) is 7.27. The number of likely N-dealkylation sites (N-methyl/N-ethyl adjacent to an activating group) is 2. The van der Waals surface area contributed by atoms with Crippen LogP contribution in [-0.4, -0.2) is 47.9 Å². The zero-order chi connectivity index (χ0) is 15.2. The van der Waals surface area contributed by atoms with Crippen LogP contribution in [0.5, 0.6) is 0 Å². The molecule has 0 saturated heterocycles. The molecule has 21 heavy (non-hydrogen) atoms. The number of hydrogen-bond donors (Lipinski definition) is 1. The number of benzene rings is 1. The molecule has 1 aromatic carbocycles. The van der Waals surface area contributed by atoms with Crippen molar-refractivity contribution in [1.82, 2.24) is 14.8 Å². The van der Waals surface area contributed by atoms with Gasteiger partial charge in [-0.2, -0.15) is 0 Å². The van der Waals surface area contributed by atoms with Gasteiger partial charge in [0.25, 0.3) is 0 Å². The van der Waals surface area contributed by atoms with E-state index in [0.717, 1.165) is 12.1 Å². The smallest absolute Gasteiger partial charge is 0.246 e. The molecule has 0 radical (unpaired) electrons. The molecule has 0 saturated carbocycles. The number of hydrogen-bond acceptors (Lipinski definition) is 2. The van der Waals surface area contributed by atoms with Crippen LogP contribution in [0.15, 0.2) is 42.6 Å². The molecule has 0 aliphatic heterocycles. The molecular formula is C17H23N3O. The Morgan fingerprint density at radius 1 is 1.29 bits per heavy atom. The summed E-state index contributed by atoms with van der Waals surface area (Å²) in [5.41, 5.74) is 2.28. The Kier molecular flexibility index (Phi) is 5.17. The van der Waals surface area contributed by atoms with E-state index in [0.29, 0.717) is 13.1 Å². The molecule has 0 aliphatic rings. The molecular weight excluding hydrogens is 262 g/mol. The van der Waals surface area contributed by atoms with Crippen molar-refractivity contribution in [2.24, 2.45) is 0 Å². The summed E-state index contributed by atoms with van der Waals surface area (Å²) in [5.74, 6) is 0.0619. The Morgan fingerprint density at radius 2 is 2.10 bits per heavy atom. The Labute approximate surface area is 126 Å². The van der Waals surface area contributed by atoms with E-state index in [1.807, 2.05) is 55.2 Å². The number of carbonyl (C=O) groups excluding carboxylic acids is 1. The standard InChI is InChI=1S/C17H23N3O/c1-4-20(17(21)9-6-12-19(2)3)13-14-7-5-8-16-15(14)10-11-18-16/h5-11,18H,4,12-13H2,1-3H3/b9-6+. The first-order valence-electron chi connectivity index (χ1n) is 7.27. The van der Waals surface area contributed by atoms with Crippen LogP contribution in [0.3, 0.4) is 0 Å². The van der Waals surface area contributed by atoms with Crippen molar-refractivity contribution in [2.45, 2.75) is 13.5 Å². The van der Waals surface area contributed by atoms with Crippen LogP contribution in [0.2, 0.25) is 0 Å². The van der Waals surface area contributed by atoms with Gasteiger partial charge in [0.05, 0.1) is 0 Å². The number of amides is 1. The molecule has 4 heteroatoms. The zero-order valence-corrected chi connectivity index (χ0v) is 13.0. The SMILES string of the molecule is CCN(Cc1cccc2[nH]ccc12)C(=O)/C=C/CN(C)C. The number of nitrogens with one attached hydrogen (secondary N) is 1. The summed E-state index contributed by atoms with van der Waals surface area (Å²) < 4.78 is 0. The topological polar surface area (TPSA) is 39.3 Å². The summed E-state index contributed by atoms with van der Waals surface area (Å²) >= 11 is 0. The van der Waals surface area contributed by atoms with Crippen LogP contribution in [-0.2, 0) is 11.3 Å². The van der Waals surface area contributed by atoms with Gasteiger partial charge in [0.15, 0.2) is 0 Å². The average Bonchev–Trinajstić information content (AvgIpc) is 2.93. The van der Waals surface area contributed by atoms with Crippen LogP contribution in [0.4, 0.5) is 0 Å². The highest BCUT2D eigenvalue weighted by Crippen LogP contribution is 2.19. The van der Waals surface area contributed by atoms with Gasteiger partial charge in [-0.1, -0.05) is 18.2 Å². The molecule has 0 fully saturated rings. The predicted molar refractivity (Wildman–Crippen MR) is 87.1 cm³/mol. The Bertz CT molecular complexity index is 628. The highest BCUT2D eigenvalue weighted by atomic mass is 16.2. The average molecular weight is 285 g/mol. The first-order chi connectivity index (χ1) is 10.1. The van der Waals surface area contributed by atoms with Crippen LogP contribution >= 0.6 is 0 Å². The lowest BCUT2D eigenvalue weighted by molar-refractivity contribution is -0.126. The number of nitrogens with zero attached hydrogens (tertiary/aromatic N) is 2. The fourth-order valence-corrected chi connectivity index (χ4v) is 2.31. The van der Waals surface area contributed by atoms with Crippen molar-refractivity contribution < 1.29 is 4.79 Å². The van der Waals surface area contributed by atoms with Crippen molar-refractivity contribution in [3.63, 3.8) is 0 Å². The van der Waals surface area contributed by atoms with E-state index < -0.39 is 0 Å². The van der Waals surface area contributed by atoms with Gasteiger partial charge in [-0.05, 0) is 38.7 Å². The molecule has 1 N–H and O–H groups in total. The van der Waals surface area contributed by atoms with Gasteiger partial charge < -0.3 is 14.8 Å². The minimum absolute atomic E-state index is 0.0619. The van der Waals surface area contributed by atoms with Crippen molar-refractivity contribution >= 4 is 16.8 Å². The third-order valence-corrected chi connectivity index (χ3v) is 3.47. The number of aromatic nitrogens is 1. The van der Waals surface area contributed by atoms with E-state index in [1.165, 1.54) is 10.9 Å². The van der Waals surface area contributed by atoms with Crippen molar-refractivity contribution in [1.29, 1.82) is 0 Å².